The fourth-order valence-corrected chi connectivity index (χ4v) is 2.10. The van der Waals surface area contributed by atoms with E-state index in [0.717, 1.165) is 0 Å². The lowest BCUT2D eigenvalue weighted by molar-refractivity contribution is -0.127. The number of carbonyl (C=O) groups is 1. The van der Waals surface area contributed by atoms with Gasteiger partial charge in [-0.15, -0.1) is 0 Å². The summed E-state index contributed by atoms with van der Waals surface area (Å²) in [6.45, 7) is 0.706. The SMILES string of the molecule is CN1CCC(Nc2nc(NN)nc(-n3ccnc3)n2)C1=O. The first-order valence-electron chi connectivity index (χ1n) is 6.40. The van der Waals surface area contributed by atoms with Gasteiger partial charge < -0.3 is 10.2 Å². The molecule has 0 radical (unpaired) electrons. The van der Waals surface area contributed by atoms with E-state index in [9.17, 15) is 4.79 Å². The van der Waals surface area contributed by atoms with Crippen molar-refractivity contribution in [1.29, 1.82) is 0 Å². The van der Waals surface area contributed by atoms with Crippen LogP contribution in [-0.2, 0) is 4.79 Å². The van der Waals surface area contributed by atoms with E-state index in [-0.39, 0.29) is 23.8 Å². The van der Waals surface area contributed by atoms with Gasteiger partial charge in [-0.2, -0.15) is 15.0 Å². The topological polar surface area (TPSA) is 127 Å². The first kappa shape index (κ1) is 13.2. The molecule has 0 spiro atoms. The number of aromatic nitrogens is 5. The molecule has 4 N–H and O–H groups in total. The van der Waals surface area contributed by atoms with Crippen LogP contribution < -0.4 is 16.6 Å². The zero-order valence-electron chi connectivity index (χ0n) is 11.4. The molecule has 3 rings (SSSR count). The number of likely N-dealkylation sites (N-methyl/N-ethyl adjacent to an activating group) is 1. The van der Waals surface area contributed by atoms with Crippen molar-refractivity contribution in [3.8, 4) is 5.95 Å². The number of imidazole rings is 1. The molecule has 0 aromatic carbocycles. The Morgan fingerprint density at radius 2 is 2.14 bits per heavy atom. The van der Waals surface area contributed by atoms with Crippen LogP contribution in [0.1, 0.15) is 6.42 Å². The van der Waals surface area contributed by atoms with Gasteiger partial charge in [0.15, 0.2) is 0 Å². The summed E-state index contributed by atoms with van der Waals surface area (Å²) in [7, 11) is 1.77. The number of carbonyl (C=O) groups excluding carboxylic acids is 1. The van der Waals surface area contributed by atoms with Gasteiger partial charge in [0.05, 0.1) is 0 Å². The van der Waals surface area contributed by atoms with Crippen LogP contribution in [0.4, 0.5) is 11.9 Å². The summed E-state index contributed by atoms with van der Waals surface area (Å²) in [4.78, 5) is 30.0. The average molecular weight is 289 g/mol. The Labute approximate surface area is 120 Å². The van der Waals surface area contributed by atoms with Gasteiger partial charge in [-0.3, -0.25) is 14.8 Å². The van der Waals surface area contributed by atoms with E-state index in [2.05, 4.69) is 30.7 Å². The van der Waals surface area contributed by atoms with E-state index in [4.69, 9.17) is 5.84 Å². The number of nitrogens with one attached hydrogen (secondary N) is 2. The first-order valence-corrected chi connectivity index (χ1v) is 6.40. The number of hydrazine groups is 1. The molecule has 10 heteroatoms. The van der Waals surface area contributed by atoms with E-state index in [0.29, 0.717) is 18.9 Å². The van der Waals surface area contributed by atoms with Crippen LogP contribution in [0, 0.1) is 0 Å². The minimum atomic E-state index is -0.335. The number of likely N-dealkylation sites (tertiary alicyclic amines) is 1. The highest BCUT2D eigenvalue weighted by Gasteiger charge is 2.29. The van der Waals surface area contributed by atoms with Gasteiger partial charge >= 0.3 is 0 Å². The van der Waals surface area contributed by atoms with Gasteiger partial charge in [0.1, 0.15) is 12.4 Å². The van der Waals surface area contributed by atoms with E-state index >= 15 is 0 Å². The molecule has 1 saturated heterocycles. The fourth-order valence-electron chi connectivity index (χ4n) is 2.10. The summed E-state index contributed by atoms with van der Waals surface area (Å²) in [6, 6.07) is -0.335. The van der Waals surface area contributed by atoms with Crippen LogP contribution in [0.5, 0.6) is 0 Å². The Morgan fingerprint density at radius 1 is 1.33 bits per heavy atom. The van der Waals surface area contributed by atoms with E-state index in [1.807, 2.05) is 0 Å². The second kappa shape index (κ2) is 5.32. The van der Waals surface area contributed by atoms with Gasteiger partial charge in [-0.25, -0.2) is 10.8 Å². The number of hydrogen-bond donors (Lipinski definition) is 3. The van der Waals surface area contributed by atoms with Gasteiger partial charge in [0.25, 0.3) is 0 Å². The Kier molecular flexibility index (Phi) is 3.36. The van der Waals surface area contributed by atoms with Crippen LogP contribution in [0.15, 0.2) is 18.7 Å². The number of nitrogen functional groups attached to an aromatic ring is 1. The second-order valence-corrected chi connectivity index (χ2v) is 4.64. The van der Waals surface area contributed by atoms with Crippen LogP contribution in [0.3, 0.4) is 0 Å². The number of nitrogens with two attached hydrogens (primary N) is 1. The minimum absolute atomic E-state index is 0.0156. The molecular weight excluding hydrogens is 274 g/mol. The maximum absolute atomic E-state index is 11.9. The summed E-state index contributed by atoms with van der Waals surface area (Å²) < 4.78 is 1.62. The summed E-state index contributed by atoms with van der Waals surface area (Å²) in [5, 5.41) is 3.02. The Balaban J connectivity index is 1.88. The average Bonchev–Trinajstić information content (AvgIpc) is 3.13. The number of hydrogen-bond acceptors (Lipinski definition) is 8. The van der Waals surface area contributed by atoms with Crippen molar-refractivity contribution in [1.82, 2.24) is 29.4 Å². The second-order valence-electron chi connectivity index (χ2n) is 4.64. The summed E-state index contributed by atoms with van der Waals surface area (Å²) >= 11 is 0. The Hall–Kier alpha value is -2.75. The minimum Gasteiger partial charge on any atom is -0.344 e. The molecule has 1 aliphatic heterocycles. The Morgan fingerprint density at radius 3 is 2.76 bits per heavy atom. The molecule has 1 amide bonds. The quantitative estimate of drug-likeness (QED) is 0.482. The lowest BCUT2D eigenvalue weighted by atomic mass is 10.2. The summed E-state index contributed by atoms with van der Waals surface area (Å²) in [5.41, 5.74) is 2.38. The lowest BCUT2D eigenvalue weighted by Crippen LogP contribution is -2.32. The largest absolute Gasteiger partial charge is 0.344 e. The van der Waals surface area contributed by atoms with Crippen molar-refractivity contribution >= 4 is 17.8 Å². The summed E-state index contributed by atoms with van der Waals surface area (Å²) in [5.74, 6) is 6.23. The standard InChI is InChI=1S/C11H15N9O/c1-19-4-2-7(8(19)21)14-9-15-10(18-12)17-11(16-9)20-5-3-13-6-20/h3,5-7H,2,4,12H2,1H3,(H2,14,15,16,17,18). The lowest BCUT2D eigenvalue weighted by Gasteiger charge is -2.13. The number of amides is 1. The van der Waals surface area contributed by atoms with Crippen molar-refractivity contribution < 1.29 is 4.79 Å². The maximum Gasteiger partial charge on any atom is 0.244 e. The molecular formula is C11H15N9O. The number of anilines is 2. The molecule has 3 heterocycles. The number of rotatable bonds is 4. The van der Waals surface area contributed by atoms with Crippen molar-refractivity contribution in [2.45, 2.75) is 12.5 Å². The Bertz CT molecular complexity index is 641. The van der Waals surface area contributed by atoms with Gasteiger partial charge in [0, 0.05) is 26.0 Å². The van der Waals surface area contributed by atoms with Crippen molar-refractivity contribution in [3.05, 3.63) is 18.7 Å². The van der Waals surface area contributed by atoms with Crippen LogP contribution in [-0.4, -0.2) is 54.9 Å². The molecule has 0 saturated carbocycles. The molecule has 110 valence electrons. The molecule has 0 aliphatic carbocycles. The third kappa shape index (κ3) is 2.60. The zero-order chi connectivity index (χ0) is 14.8. The van der Waals surface area contributed by atoms with Crippen LogP contribution in [0.25, 0.3) is 5.95 Å². The van der Waals surface area contributed by atoms with Crippen molar-refractivity contribution in [3.63, 3.8) is 0 Å². The highest BCUT2D eigenvalue weighted by Crippen LogP contribution is 2.15. The molecule has 10 nitrogen and oxygen atoms in total. The molecule has 1 fully saturated rings. The zero-order valence-corrected chi connectivity index (χ0v) is 11.4. The first-order chi connectivity index (χ1) is 10.2. The molecule has 2 aromatic heterocycles. The smallest absolute Gasteiger partial charge is 0.244 e. The van der Waals surface area contributed by atoms with Gasteiger partial charge in [-0.1, -0.05) is 0 Å². The maximum atomic E-state index is 11.9. The predicted molar refractivity (Wildman–Crippen MR) is 74.4 cm³/mol. The van der Waals surface area contributed by atoms with Crippen LogP contribution >= 0.6 is 0 Å². The fraction of sp³-hybridized carbons (Fsp3) is 0.364. The molecule has 1 aliphatic rings. The third-order valence-corrected chi connectivity index (χ3v) is 3.22. The normalized spacial score (nSPS) is 18.1. The molecule has 2 aromatic rings. The van der Waals surface area contributed by atoms with E-state index in [1.165, 1.54) is 0 Å². The van der Waals surface area contributed by atoms with E-state index < -0.39 is 0 Å². The molecule has 1 atom stereocenters. The van der Waals surface area contributed by atoms with E-state index in [1.54, 1.807) is 35.2 Å². The monoisotopic (exact) mass is 289 g/mol. The summed E-state index contributed by atoms with van der Waals surface area (Å²) in [6.07, 6.45) is 5.58. The highest BCUT2D eigenvalue weighted by atomic mass is 16.2. The third-order valence-electron chi connectivity index (χ3n) is 3.22. The van der Waals surface area contributed by atoms with Gasteiger partial charge in [-0.05, 0) is 6.42 Å². The van der Waals surface area contributed by atoms with Crippen molar-refractivity contribution in [2.24, 2.45) is 5.84 Å². The highest BCUT2D eigenvalue weighted by molar-refractivity contribution is 5.86. The van der Waals surface area contributed by atoms with Gasteiger partial charge in [0.2, 0.25) is 23.8 Å². The predicted octanol–water partition coefficient (Wildman–Crippen LogP) is -1.01. The molecule has 0 bridgehead atoms. The molecule has 1 unspecified atom stereocenters. The number of nitrogens with zero attached hydrogens (tertiary/aromatic N) is 6. The molecule has 21 heavy (non-hydrogen) atoms. The van der Waals surface area contributed by atoms with Crippen LogP contribution in [0.2, 0.25) is 0 Å². The van der Waals surface area contributed by atoms with Crippen molar-refractivity contribution in [2.75, 3.05) is 24.3 Å².